The van der Waals surface area contributed by atoms with Gasteiger partial charge in [0.1, 0.15) is 5.52 Å². The molecule has 6 rings (SSSR count). The van der Waals surface area contributed by atoms with Crippen LogP contribution in [0.4, 0.5) is 0 Å². The maximum atomic E-state index is 12.7. The number of oxazole rings is 1. The van der Waals surface area contributed by atoms with E-state index in [2.05, 4.69) is 10.3 Å². The van der Waals surface area contributed by atoms with Gasteiger partial charge in [0.15, 0.2) is 11.5 Å². The Bertz CT molecular complexity index is 1140. The number of halogens is 1. The number of nitrogens with one attached hydrogen (secondary N) is 1. The number of aromatic nitrogens is 1. The normalized spacial score (nSPS) is 33.4. The first kappa shape index (κ1) is 20.0. The SMILES string of the molecule is O=C(NC1CC2(C1)CC(c1nc3cc(Cl)ccc3o1)C2)C1CCN(S(=O)(=O)C2CC2)C1. The highest BCUT2D eigenvalue weighted by molar-refractivity contribution is 7.90. The largest absolute Gasteiger partial charge is 0.440 e. The number of benzene rings is 1. The van der Waals surface area contributed by atoms with E-state index in [0.29, 0.717) is 30.5 Å². The Morgan fingerprint density at radius 1 is 1.19 bits per heavy atom. The molecule has 1 saturated heterocycles. The number of nitrogens with zero attached hydrogens (tertiary/aromatic N) is 2. The smallest absolute Gasteiger partial charge is 0.224 e. The second-order valence-corrected chi connectivity index (χ2v) is 12.6. The van der Waals surface area contributed by atoms with Crippen molar-refractivity contribution in [1.82, 2.24) is 14.6 Å². The highest BCUT2D eigenvalue weighted by Gasteiger charge is 2.55. The highest BCUT2D eigenvalue weighted by atomic mass is 35.5. The van der Waals surface area contributed by atoms with E-state index in [1.54, 1.807) is 0 Å². The molecule has 9 heteroatoms. The molecule has 2 aromatic rings. The van der Waals surface area contributed by atoms with Crippen LogP contribution in [0.5, 0.6) is 0 Å². The van der Waals surface area contributed by atoms with Gasteiger partial charge >= 0.3 is 0 Å². The number of hydrogen-bond acceptors (Lipinski definition) is 5. The highest BCUT2D eigenvalue weighted by Crippen LogP contribution is 2.62. The van der Waals surface area contributed by atoms with E-state index in [1.165, 1.54) is 4.31 Å². The monoisotopic (exact) mass is 463 g/mol. The average molecular weight is 464 g/mol. The van der Waals surface area contributed by atoms with Crippen molar-refractivity contribution in [2.24, 2.45) is 11.3 Å². The minimum atomic E-state index is -3.18. The van der Waals surface area contributed by atoms with Crippen molar-refractivity contribution in [2.75, 3.05) is 13.1 Å². The Morgan fingerprint density at radius 3 is 2.71 bits per heavy atom. The van der Waals surface area contributed by atoms with Gasteiger partial charge in [-0.3, -0.25) is 4.79 Å². The van der Waals surface area contributed by atoms with Crippen LogP contribution in [-0.4, -0.2) is 48.0 Å². The molecule has 1 aliphatic heterocycles. The number of sulfonamides is 1. The fourth-order valence-corrected chi connectivity index (χ4v) is 7.81. The first-order valence-electron chi connectivity index (χ1n) is 11.2. The quantitative estimate of drug-likeness (QED) is 0.733. The molecule has 3 aliphatic carbocycles. The summed E-state index contributed by atoms with van der Waals surface area (Å²) in [7, 11) is -3.18. The molecular weight excluding hydrogens is 438 g/mol. The molecule has 4 aliphatic rings. The molecule has 1 unspecified atom stereocenters. The van der Waals surface area contributed by atoms with Gasteiger partial charge in [-0.2, -0.15) is 0 Å². The van der Waals surface area contributed by atoms with Crippen molar-refractivity contribution in [1.29, 1.82) is 0 Å². The van der Waals surface area contributed by atoms with Crippen molar-refractivity contribution < 1.29 is 17.6 Å². The maximum Gasteiger partial charge on any atom is 0.224 e. The van der Waals surface area contributed by atoms with E-state index in [1.807, 2.05) is 18.2 Å². The van der Waals surface area contributed by atoms with Crippen molar-refractivity contribution in [3.8, 4) is 0 Å². The summed E-state index contributed by atoms with van der Waals surface area (Å²) in [5, 5.41) is 3.62. The van der Waals surface area contributed by atoms with E-state index < -0.39 is 10.0 Å². The van der Waals surface area contributed by atoms with Gasteiger partial charge < -0.3 is 9.73 Å². The lowest BCUT2D eigenvalue weighted by Crippen LogP contribution is -2.56. The predicted octanol–water partition coefficient (Wildman–Crippen LogP) is 3.44. The van der Waals surface area contributed by atoms with Gasteiger partial charge in [0.05, 0.1) is 11.2 Å². The molecule has 166 valence electrons. The molecule has 1 N–H and O–H groups in total. The van der Waals surface area contributed by atoms with Gasteiger partial charge in [-0.05, 0) is 68.6 Å². The summed E-state index contributed by atoms with van der Waals surface area (Å²) < 4.78 is 32.2. The van der Waals surface area contributed by atoms with Gasteiger partial charge in [0, 0.05) is 30.1 Å². The Hall–Kier alpha value is -1.64. The summed E-state index contributed by atoms with van der Waals surface area (Å²) in [5.41, 5.74) is 1.86. The number of hydrogen-bond donors (Lipinski definition) is 1. The predicted molar refractivity (Wildman–Crippen MR) is 116 cm³/mol. The number of carbonyl (C=O) groups is 1. The van der Waals surface area contributed by atoms with Crippen LogP contribution in [0.2, 0.25) is 5.02 Å². The molecule has 7 nitrogen and oxygen atoms in total. The lowest BCUT2D eigenvalue weighted by molar-refractivity contribution is -0.128. The topological polar surface area (TPSA) is 92.5 Å². The minimum Gasteiger partial charge on any atom is -0.440 e. The summed E-state index contributed by atoms with van der Waals surface area (Å²) >= 11 is 6.03. The minimum absolute atomic E-state index is 0.0139. The molecule has 3 saturated carbocycles. The average Bonchev–Trinajstić information content (AvgIpc) is 3.27. The number of fused-ring (bicyclic) bond motifs is 1. The van der Waals surface area contributed by atoms with Crippen LogP contribution >= 0.6 is 11.6 Å². The molecule has 1 aromatic heterocycles. The van der Waals surface area contributed by atoms with Crippen LogP contribution in [0.25, 0.3) is 11.1 Å². The van der Waals surface area contributed by atoms with E-state index in [0.717, 1.165) is 55.5 Å². The Morgan fingerprint density at radius 2 is 1.97 bits per heavy atom. The molecule has 0 radical (unpaired) electrons. The zero-order valence-electron chi connectivity index (χ0n) is 17.2. The van der Waals surface area contributed by atoms with Gasteiger partial charge in [0.2, 0.25) is 15.9 Å². The first-order valence-corrected chi connectivity index (χ1v) is 13.0. The lowest BCUT2D eigenvalue weighted by Gasteiger charge is -2.57. The van der Waals surface area contributed by atoms with Crippen molar-refractivity contribution in [2.45, 2.75) is 62.2 Å². The zero-order chi connectivity index (χ0) is 21.4. The van der Waals surface area contributed by atoms with Gasteiger partial charge in [-0.1, -0.05) is 11.6 Å². The number of amides is 1. The second kappa shape index (κ2) is 6.93. The van der Waals surface area contributed by atoms with Crippen LogP contribution < -0.4 is 5.32 Å². The lowest BCUT2D eigenvalue weighted by atomic mass is 9.50. The summed E-state index contributed by atoms with van der Waals surface area (Å²) in [4.78, 5) is 17.3. The molecule has 0 bridgehead atoms. The Labute approximate surface area is 186 Å². The molecule has 31 heavy (non-hydrogen) atoms. The second-order valence-electron chi connectivity index (χ2n) is 9.97. The van der Waals surface area contributed by atoms with Crippen LogP contribution in [0, 0.1) is 11.3 Å². The summed E-state index contributed by atoms with van der Waals surface area (Å²) in [6.45, 7) is 0.815. The fourth-order valence-electron chi connectivity index (χ4n) is 5.74. The Kier molecular flexibility index (Phi) is 4.47. The first-order chi connectivity index (χ1) is 14.8. The Balaban J connectivity index is 0.995. The van der Waals surface area contributed by atoms with E-state index >= 15 is 0 Å². The number of rotatable bonds is 5. The molecule has 2 heterocycles. The zero-order valence-corrected chi connectivity index (χ0v) is 18.8. The molecule has 4 fully saturated rings. The summed E-state index contributed by atoms with van der Waals surface area (Å²) in [6, 6.07) is 5.70. The van der Waals surface area contributed by atoms with Crippen molar-refractivity contribution in [3.05, 3.63) is 29.1 Å². The molecule has 1 amide bonds. The molecule has 1 aromatic carbocycles. The number of carbonyl (C=O) groups excluding carboxylic acids is 1. The van der Waals surface area contributed by atoms with E-state index in [9.17, 15) is 13.2 Å². The summed E-state index contributed by atoms with van der Waals surface area (Å²) in [5.74, 6) is 0.919. The third-order valence-electron chi connectivity index (χ3n) is 7.61. The van der Waals surface area contributed by atoms with Gasteiger partial charge in [-0.15, -0.1) is 0 Å². The van der Waals surface area contributed by atoms with Crippen LogP contribution in [0.3, 0.4) is 0 Å². The van der Waals surface area contributed by atoms with Crippen LogP contribution in [-0.2, 0) is 14.8 Å². The van der Waals surface area contributed by atoms with Crippen LogP contribution in [0.15, 0.2) is 22.6 Å². The fraction of sp³-hybridized carbons (Fsp3) is 0.636. The third kappa shape index (κ3) is 3.47. The summed E-state index contributed by atoms with van der Waals surface area (Å²) in [6.07, 6.45) is 6.19. The maximum absolute atomic E-state index is 12.7. The molecular formula is C22H26ClN3O4S. The van der Waals surface area contributed by atoms with Crippen molar-refractivity contribution >= 4 is 38.6 Å². The third-order valence-corrected chi connectivity index (χ3v) is 10.2. The van der Waals surface area contributed by atoms with Gasteiger partial charge in [0.25, 0.3) is 0 Å². The van der Waals surface area contributed by atoms with E-state index in [-0.39, 0.29) is 28.5 Å². The molecule has 1 spiro atoms. The standard InChI is InChI=1S/C22H26ClN3O4S/c23-15-1-4-19-18(7-15)25-21(30-19)14-8-22(9-14)10-16(11-22)24-20(27)13-5-6-26(12-13)31(28,29)17-2-3-17/h1,4,7,13-14,16-17H,2-3,5-6,8-12H2,(H,24,27). The molecule has 1 atom stereocenters. The van der Waals surface area contributed by atoms with Crippen molar-refractivity contribution in [3.63, 3.8) is 0 Å². The van der Waals surface area contributed by atoms with Gasteiger partial charge in [-0.25, -0.2) is 17.7 Å². The van der Waals surface area contributed by atoms with E-state index in [4.69, 9.17) is 16.0 Å². The van der Waals surface area contributed by atoms with Crippen LogP contribution in [0.1, 0.15) is 56.8 Å².